The van der Waals surface area contributed by atoms with E-state index in [4.69, 9.17) is 5.73 Å². The van der Waals surface area contributed by atoms with Crippen LogP contribution in [0, 0.1) is 6.92 Å². The van der Waals surface area contributed by atoms with Crippen LogP contribution in [0.15, 0.2) is 24.3 Å². The minimum atomic E-state index is 0.162. The van der Waals surface area contributed by atoms with E-state index < -0.39 is 0 Å². The molecule has 1 heterocycles. The first-order valence-corrected chi connectivity index (χ1v) is 7.31. The minimum Gasteiger partial charge on any atom is -0.324 e. The molecule has 0 amide bonds. The second-order valence-electron chi connectivity index (χ2n) is 5.94. The highest BCUT2D eigenvalue weighted by atomic mass is 15.3. The number of likely N-dealkylation sites (N-methyl/N-ethyl adjacent to an activating group) is 1. The fourth-order valence-corrected chi connectivity index (χ4v) is 2.72. The predicted octanol–water partition coefficient (Wildman–Crippen LogP) is 2.02. The molecule has 0 spiro atoms. The van der Waals surface area contributed by atoms with Gasteiger partial charge in [-0.2, -0.15) is 0 Å². The molecule has 2 unspecified atom stereocenters. The Balaban J connectivity index is 1.82. The third-order valence-electron chi connectivity index (χ3n) is 4.27. The zero-order chi connectivity index (χ0) is 13.8. The molecule has 1 aliphatic rings. The van der Waals surface area contributed by atoms with E-state index in [0.29, 0.717) is 6.04 Å². The highest BCUT2D eigenvalue weighted by Crippen LogP contribution is 2.17. The Morgan fingerprint density at radius 3 is 2.84 bits per heavy atom. The van der Waals surface area contributed by atoms with Crippen LogP contribution in [0.5, 0.6) is 0 Å². The van der Waals surface area contributed by atoms with Crippen LogP contribution in [0.3, 0.4) is 0 Å². The van der Waals surface area contributed by atoms with Crippen LogP contribution in [-0.4, -0.2) is 49.1 Å². The number of piperazine rings is 1. The van der Waals surface area contributed by atoms with Crippen LogP contribution >= 0.6 is 0 Å². The number of rotatable bonds is 4. The van der Waals surface area contributed by atoms with Gasteiger partial charge in [0.2, 0.25) is 0 Å². The molecule has 3 nitrogen and oxygen atoms in total. The summed E-state index contributed by atoms with van der Waals surface area (Å²) in [6.45, 7) is 9.03. The zero-order valence-electron chi connectivity index (χ0n) is 12.5. The van der Waals surface area contributed by atoms with E-state index in [1.165, 1.54) is 24.2 Å². The normalized spacial score (nSPS) is 23.5. The average Bonchev–Trinajstić information content (AvgIpc) is 2.40. The van der Waals surface area contributed by atoms with Crippen molar-refractivity contribution in [3.8, 4) is 0 Å². The summed E-state index contributed by atoms with van der Waals surface area (Å²) in [5.74, 6) is 0. The Hall–Kier alpha value is -0.900. The molecule has 2 rings (SSSR count). The van der Waals surface area contributed by atoms with Gasteiger partial charge in [-0.15, -0.1) is 0 Å². The Morgan fingerprint density at radius 2 is 2.16 bits per heavy atom. The van der Waals surface area contributed by atoms with Crippen LogP contribution in [0.25, 0.3) is 0 Å². The van der Waals surface area contributed by atoms with E-state index in [2.05, 4.69) is 55.0 Å². The van der Waals surface area contributed by atoms with Gasteiger partial charge in [-0.05, 0) is 32.9 Å². The Kier molecular flexibility index (Phi) is 4.97. The summed E-state index contributed by atoms with van der Waals surface area (Å²) in [7, 11) is 2.21. The third kappa shape index (κ3) is 4.03. The van der Waals surface area contributed by atoms with Gasteiger partial charge in [0.15, 0.2) is 0 Å². The van der Waals surface area contributed by atoms with E-state index in [9.17, 15) is 0 Å². The Labute approximate surface area is 117 Å². The first kappa shape index (κ1) is 14.5. The molecule has 2 N–H and O–H groups in total. The van der Waals surface area contributed by atoms with Gasteiger partial charge in [0, 0.05) is 38.3 Å². The Morgan fingerprint density at radius 1 is 1.37 bits per heavy atom. The van der Waals surface area contributed by atoms with Crippen LogP contribution < -0.4 is 5.73 Å². The summed E-state index contributed by atoms with van der Waals surface area (Å²) < 4.78 is 0. The monoisotopic (exact) mass is 261 g/mol. The number of hydrogen-bond donors (Lipinski definition) is 1. The smallest absolute Gasteiger partial charge is 0.0307 e. The number of benzene rings is 1. The van der Waals surface area contributed by atoms with Crippen molar-refractivity contribution in [2.45, 2.75) is 32.4 Å². The standard InChI is InChI=1S/C16H27N3/c1-13-5-4-6-15(11-13)16(17)7-8-19-10-9-18(3)14(2)12-19/h4-6,11,14,16H,7-10,12,17H2,1-3H3. The van der Waals surface area contributed by atoms with Crippen LogP contribution in [-0.2, 0) is 0 Å². The SMILES string of the molecule is Cc1cccc(C(N)CCN2CCN(C)C(C)C2)c1. The fraction of sp³-hybridized carbons (Fsp3) is 0.625. The number of nitrogens with two attached hydrogens (primary N) is 1. The molecule has 0 aromatic heterocycles. The largest absolute Gasteiger partial charge is 0.324 e. The van der Waals surface area contributed by atoms with E-state index in [1.807, 2.05) is 0 Å². The highest BCUT2D eigenvalue weighted by Gasteiger charge is 2.20. The van der Waals surface area contributed by atoms with Gasteiger partial charge in [-0.25, -0.2) is 0 Å². The molecule has 19 heavy (non-hydrogen) atoms. The molecule has 1 aliphatic heterocycles. The molecule has 1 aromatic rings. The number of aryl methyl sites for hydroxylation is 1. The van der Waals surface area contributed by atoms with Gasteiger partial charge in [-0.3, -0.25) is 0 Å². The predicted molar refractivity (Wildman–Crippen MR) is 81.3 cm³/mol. The van der Waals surface area contributed by atoms with Crippen molar-refractivity contribution in [3.63, 3.8) is 0 Å². The lowest BCUT2D eigenvalue weighted by Crippen LogP contribution is -2.50. The van der Waals surface area contributed by atoms with Crippen molar-refractivity contribution in [3.05, 3.63) is 35.4 Å². The highest BCUT2D eigenvalue weighted by molar-refractivity contribution is 5.24. The lowest BCUT2D eigenvalue weighted by molar-refractivity contribution is 0.103. The number of hydrogen-bond acceptors (Lipinski definition) is 3. The maximum atomic E-state index is 6.31. The molecule has 1 saturated heterocycles. The van der Waals surface area contributed by atoms with E-state index in [-0.39, 0.29) is 6.04 Å². The van der Waals surface area contributed by atoms with Crippen molar-refractivity contribution >= 4 is 0 Å². The fourth-order valence-electron chi connectivity index (χ4n) is 2.72. The minimum absolute atomic E-state index is 0.162. The Bertz CT molecular complexity index is 405. The van der Waals surface area contributed by atoms with Gasteiger partial charge in [0.1, 0.15) is 0 Å². The van der Waals surface area contributed by atoms with Crippen molar-refractivity contribution in [2.24, 2.45) is 5.73 Å². The van der Waals surface area contributed by atoms with Crippen molar-refractivity contribution < 1.29 is 0 Å². The van der Waals surface area contributed by atoms with E-state index in [0.717, 1.165) is 19.5 Å². The van der Waals surface area contributed by atoms with Crippen molar-refractivity contribution in [2.75, 3.05) is 33.2 Å². The molecular formula is C16H27N3. The maximum Gasteiger partial charge on any atom is 0.0307 e. The molecule has 0 radical (unpaired) electrons. The molecule has 1 aromatic carbocycles. The lowest BCUT2D eigenvalue weighted by Gasteiger charge is -2.38. The first-order chi connectivity index (χ1) is 9.06. The topological polar surface area (TPSA) is 32.5 Å². The lowest BCUT2D eigenvalue weighted by atomic mass is 10.0. The average molecular weight is 261 g/mol. The zero-order valence-corrected chi connectivity index (χ0v) is 12.5. The summed E-state index contributed by atoms with van der Waals surface area (Å²) in [6.07, 6.45) is 1.04. The molecule has 0 aliphatic carbocycles. The second-order valence-corrected chi connectivity index (χ2v) is 5.94. The maximum absolute atomic E-state index is 6.31. The molecule has 106 valence electrons. The van der Waals surface area contributed by atoms with Gasteiger partial charge >= 0.3 is 0 Å². The summed E-state index contributed by atoms with van der Waals surface area (Å²) in [4.78, 5) is 4.97. The van der Waals surface area contributed by atoms with Crippen molar-refractivity contribution in [1.29, 1.82) is 0 Å². The van der Waals surface area contributed by atoms with E-state index in [1.54, 1.807) is 0 Å². The quantitative estimate of drug-likeness (QED) is 0.900. The molecule has 2 atom stereocenters. The van der Waals surface area contributed by atoms with Gasteiger partial charge in [0.25, 0.3) is 0 Å². The van der Waals surface area contributed by atoms with E-state index >= 15 is 0 Å². The van der Waals surface area contributed by atoms with Crippen LogP contribution in [0.2, 0.25) is 0 Å². The molecule has 1 fully saturated rings. The summed E-state index contributed by atoms with van der Waals surface area (Å²) in [5, 5.41) is 0. The summed E-state index contributed by atoms with van der Waals surface area (Å²) >= 11 is 0. The molecular weight excluding hydrogens is 234 g/mol. The number of nitrogens with zero attached hydrogens (tertiary/aromatic N) is 2. The van der Waals surface area contributed by atoms with Gasteiger partial charge in [-0.1, -0.05) is 29.8 Å². The van der Waals surface area contributed by atoms with Crippen LogP contribution in [0.1, 0.15) is 30.5 Å². The van der Waals surface area contributed by atoms with Gasteiger partial charge < -0.3 is 15.5 Å². The van der Waals surface area contributed by atoms with Gasteiger partial charge in [0.05, 0.1) is 0 Å². The van der Waals surface area contributed by atoms with Crippen molar-refractivity contribution in [1.82, 2.24) is 9.80 Å². The third-order valence-corrected chi connectivity index (χ3v) is 4.27. The summed E-state index contributed by atoms with van der Waals surface area (Å²) in [6, 6.07) is 9.39. The second kappa shape index (κ2) is 6.51. The first-order valence-electron chi connectivity index (χ1n) is 7.31. The molecule has 0 bridgehead atoms. The van der Waals surface area contributed by atoms with Crippen LogP contribution in [0.4, 0.5) is 0 Å². The molecule has 3 heteroatoms. The summed E-state index contributed by atoms with van der Waals surface area (Å²) in [5.41, 5.74) is 8.86. The molecule has 0 saturated carbocycles.